The Bertz CT molecular complexity index is 600. The van der Waals surface area contributed by atoms with Gasteiger partial charge in [0, 0.05) is 0 Å². The van der Waals surface area contributed by atoms with Crippen molar-refractivity contribution in [3.05, 3.63) is 59.3 Å². The van der Waals surface area contributed by atoms with Gasteiger partial charge in [0.2, 0.25) is 0 Å². The van der Waals surface area contributed by atoms with Gasteiger partial charge in [-0.3, -0.25) is 0 Å². The van der Waals surface area contributed by atoms with Crippen LogP contribution in [0.3, 0.4) is 0 Å². The van der Waals surface area contributed by atoms with E-state index in [1.165, 1.54) is 61.7 Å². The number of rotatable bonds is 5. The van der Waals surface area contributed by atoms with Crippen molar-refractivity contribution in [2.24, 2.45) is 23.7 Å². The predicted octanol–water partition coefficient (Wildman–Crippen LogP) is 17.8. The van der Waals surface area contributed by atoms with Gasteiger partial charge in [-0.05, 0) is 62.9 Å². The second-order valence-electron chi connectivity index (χ2n) is 10.8. The molecule has 2 aliphatic rings. The molecule has 0 aromatic rings. The van der Waals surface area contributed by atoms with Gasteiger partial charge in [0.15, 0.2) is 0 Å². The first-order valence-electron chi connectivity index (χ1n) is 19.8. The van der Waals surface area contributed by atoms with Crippen molar-refractivity contribution >= 4 is 0 Å². The maximum atomic E-state index is 3.76. The van der Waals surface area contributed by atoms with Crippen LogP contribution in [0.2, 0.25) is 0 Å². The number of hydrogen-bond acceptors (Lipinski definition) is 0. The van der Waals surface area contributed by atoms with Crippen molar-refractivity contribution in [2.45, 2.75) is 211 Å². The van der Waals surface area contributed by atoms with E-state index < -0.39 is 0 Å². The highest BCUT2D eigenvalue weighted by atomic mass is 14.2. The van der Waals surface area contributed by atoms with E-state index >= 15 is 0 Å². The summed E-state index contributed by atoms with van der Waals surface area (Å²) in [7, 11) is 0. The van der Waals surface area contributed by atoms with Crippen molar-refractivity contribution in [3.63, 3.8) is 0 Å². The van der Waals surface area contributed by atoms with Crippen LogP contribution < -0.4 is 0 Å². The Morgan fingerprint density at radius 1 is 0.778 bits per heavy atom. The van der Waals surface area contributed by atoms with Crippen molar-refractivity contribution in [1.29, 1.82) is 0 Å². The first-order valence-corrected chi connectivity index (χ1v) is 19.8. The third-order valence-corrected chi connectivity index (χ3v) is 7.02. The first-order chi connectivity index (χ1) is 21.5. The van der Waals surface area contributed by atoms with Crippen LogP contribution in [0.25, 0.3) is 0 Å². The molecule has 0 heteroatoms. The van der Waals surface area contributed by atoms with E-state index in [2.05, 4.69) is 99.3 Å². The fourth-order valence-electron chi connectivity index (χ4n) is 3.22. The molecule has 1 atom stereocenters. The summed E-state index contributed by atoms with van der Waals surface area (Å²) in [6, 6.07) is 0. The summed E-state index contributed by atoms with van der Waals surface area (Å²) < 4.78 is 0. The van der Waals surface area contributed by atoms with Gasteiger partial charge in [0.05, 0.1) is 0 Å². The average Bonchev–Trinajstić information content (AvgIpc) is 3.36. The summed E-state index contributed by atoms with van der Waals surface area (Å²) in [4.78, 5) is 0. The van der Waals surface area contributed by atoms with E-state index in [4.69, 9.17) is 0 Å². The van der Waals surface area contributed by atoms with Crippen LogP contribution in [-0.4, -0.2) is 0 Å². The maximum Gasteiger partial charge on any atom is -0.0130 e. The van der Waals surface area contributed by atoms with E-state index in [0.717, 1.165) is 29.7 Å². The van der Waals surface area contributed by atoms with E-state index in [-0.39, 0.29) is 0 Å². The second kappa shape index (κ2) is 58.3. The zero-order valence-corrected chi connectivity index (χ0v) is 36.6. The highest BCUT2D eigenvalue weighted by Gasteiger charge is 2.11. The summed E-state index contributed by atoms with van der Waals surface area (Å²) in [5.74, 6) is 3.33. The Balaban J connectivity index is -0.0000000637. The Hall–Kier alpha value is -1.30. The zero-order valence-electron chi connectivity index (χ0n) is 36.6. The molecule has 1 unspecified atom stereocenters. The third-order valence-electron chi connectivity index (χ3n) is 7.02. The van der Waals surface area contributed by atoms with Gasteiger partial charge < -0.3 is 0 Å². The highest BCUT2D eigenvalue weighted by Crippen LogP contribution is 2.25. The van der Waals surface area contributed by atoms with E-state index in [1.807, 2.05) is 96.9 Å². The molecule has 1 fully saturated rings. The summed E-state index contributed by atoms with van der Waals surface area (Å²) in [5.41, 5.74) is 5.47. The molecule has 2 aliphatic carbocycles. The molecule has 0 aromatic carbocycles. The van der Waals surface area contributed by atoms with Gasteiger partial charge in [0.1, 0.15) is 0 Å². The van der Waals surface area contributed by atoms with Gasteiger partial charge >= 0.3 is 0 Å². The van der Waals surface area contributed by atoms with Crippen LogP contribution >= 0.6 is 0 Å². The molecule has 0 N–H and O–H groups in total. The highest BCUT2D eigenvalue weighted by molar-refractivity contribution is 5.31. The minimum atomic E-state index is 0.677. The fourth-order valence-corrected chi connectivity index (χ4v) is 3.22. The van der Waals surface area contributed by atoms with Crippen molar-refractivity contribution in [2.75, 3.05) is 0 Å². The lowest BCUT2D eigenvalue weighted by atomic mass is 9.89. The second-order valence-corrected chi connectivity index (χ2v) is 10.8. The van der Waals surface area contributed by atoms with Gasteiger partial charge in [-0.2, -0.15) is 0 Å². The van der Waals surface area contributed by atoms with Crippen molar-refractivity contribution < 1.29 is 0 Å². The Kier molecular flexibility index (Phi) is 80.9. The average molecular weight is 637 g/mol. The van der Waals surface area contributed by atoms with Gasteiger partial charge in [-0.25, -0.2) is 0 Å². The summed E-state index contributed by atoms with van der Waals surface area (Å²) in [6.07, 6.45) is 22.2. The van der Waals surface area contributed by atoms with E-state index in [9.17, 15) is 0 Å². The lowest BCUT2D eigenvalue weighted by Crippen LogP contribution is -2.05. The maximum absolute atomic E-state index is 3.76. The number of hydrogen-bond donors (Lipinski definition) is 0. The Morgan fingerprint density at radius 3 is 1.40 bits per heavy atom. The molecule has 0 nitrogen and oxygen atoms in total. The molecule has 0 saturated heterocycles. The zero-order chi connectivity index (χ0) is 37.8. The quantitative estimate of drug-likeness (QED) is 0.263. The van der Waals surface area contributed by atoms with Gasteiger partial charge in [0.25, 0.3) is 0 Å². The van der Waals surface area contributed by atoms with Gasteiger partial charge in [-0.1, -0.05) is 231 Å². The minimum absolute atomic E-state index is 0.677. The molecule has 0 heterocycles. The number of allylic oxidation sites excluding steroid dienone is 9. The monoisotopic (exact) mass is 637 g/mol. The van der Waals surface area contributed by atoms with Gasteiger partial charge in [-0.15, -0.1) is 0 Å². The molecule has 2 rings (SSSR count). The van der Waals surface area contributed by atoms with E-state index in [0.29, 0.717) is 5.92 Å². The Morgan fingerprint density at radius 2 is 1.18 bits per heavy atom. The van der Waals surface area contributed by atoms with Crippen LogP contribution in [-0.2, 0) is 0 Å². The molecule has 0 amide bonds. The van der Waals surface area contributed by atoms with Crippen molar-refractivity contribution in [3.8, 4) is 0 Å². The van der Waals surface area contributed by atoms with Crippen LogP contribution in [0.15, 0.2) is 59.3 Å². The third kappa shape index (κ3) is 55.5. The van der Waals surface area contributed by atoms with Crippen LogP contribution in [0.5, 0.6) is 0 Å². The Labute approximate surface area is 292 Å². The minimum Gasteiger partial charge on any atom is -0.0959 e. The predicted molar refractivity (Wildman–Crippen MR) is 224 cm³/mol. The molecular weight excluding hydrogens is 540 g/mol. The smallest absolute Gasteiger partial charge is 0.0130 e. The van der Waals surface area contributed by atoms with Crippen LogP contribution in [0.4, 0.5) is 0 Å². The molecular formula is C45H96. The lowest BCUT2D eigenvalue weighted by Gasteiger charge is -2.16. The van der Waals surface area contributed by atoms with Crippen molar-refractivity contribution in [1.82, 2.24) is 0 Å². The normalized spacial score (nSPS) is 13.5. The molecule has 0 aromatic heterocycles. The summed E-state index contributed by atoms with van der Waals surface area (Å²) in [6.45, 7) is 52.0. The summed E-state index contributed by atoms with van der Waals surface area (Å²) >= 11 is 0. The molecule has 0 aliphatic heterocycles. The van der Waals surface area contributed by atoms with Crippen LogP contribution in [0.1, 0.15) is 211 Å². The fraction of sp³-hybridized carbons (Fsp3) is 0.778. The first kappa shape index (κ1) is 62.5. The lowest BCUT2D eigenvalue weighted by molar-refractivity contribution is 0.385. The molecule has 276 valence electrons. The van der Waals surface area contributed by atoms with Crippen LogP contribution in [0, 0.1) is 23.7 Å². The molecule has 0 radical (unpaired) electrons. The summed E-state index contributed by atoms with van der Waals surface area (Å²) in [5, 5.41) is 0. The largest absolute Gasteiger partial charge is 0.0959 e. The molecule has 45 heavy (non-hydrogen) atoms. The topological polar surface area (TPSA) is 0 Å². The standard InChI is InChI=1S/C14H22.C7H14.C7H12.C5H12.6C2H6/c1-5-13-7-6-8-14(10-9-13)12(4)11(2)3;1-7-5-3-2-4-6-7;1-5-7(4)6(2)3;1-4-5(2)3;6*1-2/h6-8,10-12H,5,9H2,1-4H3;7H,2-6H2,1H3;5H,2H2,1,3-4H3;5H,4H2,1-3H3;6*1-2H3/b;;7-5+;;;;;;;. The molecule has 0 spiro atoms. The van der Waals surface area contributed by atoms with E-state index in [1.54, 1.807) is 0 Å². The molecule has 1 saturated carbocycles. The SMILES string of the molecule is C=C(C)/C(C)=C/C.CC.CC.CC.CC.CC.CC.CC1CCCCC1.CCC(C)C.CCC1=CC=CC(C(C)C(C)C)=CC1. The molecule has 0 bridgehead atoms.